The molecule has 0 saturated carbocycles. The number of carbonyl (C=O) groups is 1. The van der Waals surface area contributed by atoms with E-state index >= 15 is 0 Å². The van der Waals surface area contributed by atoms with Crippen LogP contribution in [-0.2, 0) is 4.79 Å². The molecule has 1 amide bonds. The summed E-state index contributed by atoms with van der Waals surface area (Å²) in [5.41, 5.74) is 0. The summed E-state index contributed by atoms with van der Waals surface area (Å²) in [5, 5.41) is 14.9. The van der Waals surface area contributed by atoms with Crippen molar-refractivity contribution < 1.29 is 9.90 Å². The van der Waals surface area contributed by atoms with Gasteiger partial charge in [0, 0.05) is 12.6 Å². The second kappa shape index (κ2) is 7.43. The average molecular weight is 214 g/mol. The fourth-order valence-electron chi connectivity index (χ4n) is 1.18. The van der Waals surface area contributed by atoms with Crippen LogP contribution in [0.2, 0.25) is 0 Å². The van der Waals surface area contributed by atoms with Gasteiger partial charge in [0.15, 0.2) is 0 Å². The van der Waals surface area contributed by atoms with Crippen LogP contribution >= 0.6 is 0 Å². The van der Waals surface area contributed by atoms with Gasteiger partial charge < -0.3 is 15.7 Å². The largest absolute Gasteiger partial charge is 0.395 e. The van der Waals surface area contributed by atoms with E-state index in [0.717, 1.165) is 0 Å². The minimum atomic E-state index is -0.301. The van der Waals surface area contributed by atoms with Crippen LogP contribution in [0.3, 0.4) is 0 Å². The Morgan fingerprint density at radius 1 is 1.47 bits per heavy atom. The maximum absolute atomic E-state index is 11.5. The van der Waals surface area contributed by atoms with E-state index in [1.165, 1.54) is 0 Å². The van der Waals surface area contributed by atoms with Gasteiger partial charge in [0.2, 0.25) is 5.91 Å². The Balaban J connectivity index is 4.03. The third-order valence-electron chi connectivity index (χ3n) is 2.28. The Morgan fingerprint density at radius 3 is 2.47 bits per heavy atom. The van der Waals surface area contributed by atoms with Crippen molar-refractivity contribution in [3.05, 3.63) is 12.7 Å². The topological polar surface area (TPSA) is 61.4 Å². The predicted octanol–water partition coefficient (Wildman–Crippen LogP) is 0.284. The van der Waals surface area contributed by atoms with Crippen molar-refractivity contribution in [1.29, 1.82) is 0 Å². The van der Waals surface area contributed by atoms with Gasteiger partial charge in [0.25, 0.3) is 0 Å². The summed E-state index contributed by atoms with van der Waals surface area (Å²) in [6, 6.07) is -0.348. The van der Waals surface area contributed by atoms with Gasteiger partial charge in [0.05, 0.1) is 12.6 Å². The lowest BCUT2D eigenvalue weighted by molar-refractivity contribution is -0.122. The van der Waals surface area contributed by atoms with Crippen molar-refractivity contribution in [3.8, 4) is 0 Å². The van der Waals surface area contributed by atoms with E-state index in [9.17, 15) is 4.79 Å². The normalized spacial score (nSPS) is 14.7. The quantitative estimate of drug-likeness (QED) is 0.534. The lowest BCUT2D eigenvalue weighted by Gasteiger charge is -2.23. The van der Waals surface area contributed by atoms with Gasteiger partial charge in [-0.15, -0.1) is 6.58 Å². The number of rotatable bonds is 7. The average Bonchev–Trinajstić information content (AvgIpc) is 2.21. The highest BCUT2D eigenvalue weighted by molar-refractivity contribution is 5.81. The highest BCUT2D eigenvalue weighted by atomic mass is 16.3. The van der Waals surface area contributed by atoms with Crippen LogP contribution in [0.5, 0.6) is 0 Å². The van der Waals surface area contributed by atoms with Gasteiger partial charge in [-0.25, -0.2) is 0 Å². The van der Waals surface area contributed by atoms with Crippen molar-refractivity contribution in [1.82, 2.24) is 10.6 Å². The van der Waals surface area contributed by atoms with Gasteiger partial charge in [-0.1, -0.05) is 19.9 Å². The van der Waals surface area contributed by atoms with E-state index in [1.54, 1.807) is 13.0 Å². The summed E-state index contributed by atoms with van der Waals surface area (Å²) in [5.74, 6) is 0.221. The van der Waals surface area contributed by atoms with E-state index in [2.05, 4.69) is 17.2 Å². The van der Waals surface area contributed by atoms with E-state index < -0.39 is 0 Å². The molecule has 3 N–H and O–H groups in total. The molecule has 0 heterocycles. The molecule has 0 fully saturated rings. The second-order valence-electron chi connectivity index (χ2n) is 3.96. The Hall–Kier alpha value is -0.870. The summed E-state index contributed by atoms with van der Waals surface area (Å²) < 4.78 is 0. The first kappa shape index (κ1) is 14.1. The molecule has 0 aliphatic heterocycles. The zero-order chi connectivity index (χ0) is 11.8. The summed E-state index contributed by atoms with van der Waals surface area (Å²) in [6.45, 7) is 9.81. The fraction of sp³-hybridized carbons (Fsp3) is 0.727. The number of hydrogen-bond acceptors (Lipinski definition) is 3. The number of amides is 1. The molecule has 88 valence electrons. The minimum absolute atomic E-state index is 0.0384. The number of hydrogen-bond donors (Lipinski definition) is 3. The van der Waals surface area contributed by atoms with Crippen LogP contribution in [0, 0.1) is 5.92 Å². The van der Waals surface area contributed by atoms with Gasteiger partial charge in [-0.3, -0.25) is 4.79 Å². The Kier molecular flexibility index (Phi) is 6.99. The molecule has 0 aliphatic rings. The molecule has 0 bridgehead atoms. The lowest BCUT2D eigenvalue weighted by Crippen LogP contribution is -2.49. The van der Waals surface area contributed by atoms with Gasteiger partial charge in [-0.05, 0) is 12.8 Å². The molecule has 1 unspecified atom stereocenters. The Morgan fingerprint density at radius 2 is 2.07 bits per heavy atom. The van der Waals surface area contributed by atoms with E-state index in [4.69, 9.17) is 5.11 Å². The Labute approximate surface area is 91.8 Å². The number of nitrogens with one attached hydrogen (secondary N) is 2. The number of carbonyl (C=O) groups excluding carboxylic acids is 1. The molecule has 4 nitrogen and oxygen atoms in total. The minimum Gasteiger partial charge on any atom is -0.395 e. The van der Waals surface area contributed by atoms with Crippen molar-refractivity contribution in [3.63, 3.8) is 0 Å². The first-order valence-electron chi connectivity index (χ1n) is 5.28. The summed E-state index contributed by atoms with van der Waals surface area (Å²) >= 11 is 0. The van der Waals surface area contributed by atoms with Crippen LogP contribution in [-0.4, -0.2) is 36.2 Å². The molecule has 0 radical (unpaired) electrons. The molecule has 0 aromatic rings. The molecule has 0 aromatic carbocycles. The van der Waals surface area contributed by atoms with E-state index in [-0.39, 0.29) is 24.6 Å². The third-order valence-corrected chi connectivity index (χ3v) is 2.28. The maximum atomic E-state index is 11.5. The van der Waals surface area contributed by atoms with Crippen LogP contribution in [0.4, 0.5) is 0 Å². The predicted molar refractivity (Wildman–Crippen MR) is 61.5 cm³/mol. The summed E-state index contributed by atoms with van der Waals surface area (Å²) in [4.78, 5) is 11.5. The summed E-state index contributed by atoms with van der Waals surface area (Å²) in [6.07, 6.45) is 1.64. The van der Waals surface area contributed by atoms with Crippen LogP contribution < -0.4 is 10.6 Å². The van der Waals surface area contributed by atoms with E-state index in [1.807, 2.05) is 13.8 Å². The van der Waals surface area contributed by atoms with Crippen LogP contribution in [0.1, 0.15) is 20.8 Å². The second-order valence-corrected chi connectivity index (χ2v) is 3.96. The standard InChI is InChI=1S/C11H22N2O2/c1-5-6-12-11(15)9(4)13-10(7-14)8(2)3/h5,8-10,13-14H,1,6-7H2,2-4H3,(H,12,15)/t9?,10-/m1/s1. The first-order valence-corrected chi connectivity index (χ1v) is 5.28. The molecule has 2 atom stereocenters. The highest BCUT2D eigenvalue weighted by Crippen LogP contribution is 2.01. The molecule has 0 rings (SSSR count). The van der Waals surface area contributed by atoms with Gasteiger partial charge >= 0.3 is 0 Å². The molecule has 0 spiro atoms. The Bertz CT molecular complexity index is 205. The SMILES string of the molecule is C=CCNC(=O)C(C)N[C@H](CO)C(C)C. The smallest absolute Gasteiger partial charge is 0.237 e. The molecule has 0 aromatic heterocycles. The molecular weight excluding hydrogens is 192 g/mol. The van der Waals surface area contributed by atoms with Crippen molar-refractivity contribution >= 4 is 5.91 Å². The number of aliphatic hydroxyl groups is 1. The molecular formula is C11H22N2O2. The van der Waals surface area contributed by atoms with Gasteiger partial charge in [0.1, 0.15) is 0 Å². The molecule has 15 heavy (non-hydrogen) atoms. The number of aliphatic hydroxyl groups excluding tert-OH is 1. The third kappa shape index (κ3) is 5.54. The molecule has 4 heteroatoms. The van der Waals surface area contributed by atoms with Crippen LogP contribution in [0.25, 0.3) is 0 Å². The molecule has 0 aliphatic carbocycles. The van der Waals surface area contributed by atoms with Crippen LogP contribution in [0.15, 0.2) is 12.7 Å². The highest BCUT2D eigenvalue weighted by Gasteiger charge is 2.18. The van der Waals surface area contributed by atoms with Crippen molar-refractivity contribution in [2.45, 2.75) is 32.9 Å². The maximum Gasteiger partial charge on any atom is 0.237 e. The lowest BCUT2D eigenvalue weighted by atomic mass is 10.0. The zero-order valence-corrected chi connectivity index (χ0v) is 9.79. The van der Waals surface area contributed by atoms with E-state index in [0.29, 0.717) is 12.5 Å². The van der Waals surface area contributed by atoms with Crippen molar-refractivity contribution in [2.75, 3.05) is 13.2 Å². The zero-order valence-electron chi connectivity index (χ0n) is 9.79. The first-order chi connectivity index (χ1) is 7.02. The van der Waals surface area contributed by atoms with Crippen molar-refractivity contribution in [2.24, 2.45) is 5.92 Å². The fourth-order valence-corrected chi connectivity index (χ4v) is 1.18. The monoisotopic (exact) mass is 214 g/mol. The molecule has 0 saturated heterocycles. The van der Waals surface area contributed by atoms with Gasteiger partial charge in [-0.2, -0.15) is 0 Å². The summed E-state index contributed by atoms with van der Waals surface area (Å²) in [7, 11) is 0.